The molecule has 0 atom stereocenters. The maximum atomic E-state index is 4.36. The summed E-state index contributed by atoms with van der Waals surface area (Å²) in [4.78, 5) is 13.0. The second-order valence-electron chi connectivity index (χ2n) is 3.95. The maximum absolute atomic E-state index is 4.36. The van der Waals surface area contributed by atoms with Gasteiger partial charge in [0.05, 0.1) is 5.39 Å². The van der Waals surface area contributed by atoms with Crippen LogP contribution in [0.4, 0.5) is 0 Å². The number of hydrogen-bond acceptors (Lipinski definition) is 3. The van der Waals surface area contributed by atoms with Crippen molar-refractivity contribution in [2.24, 2.45) is 0 Å². The number of benzene rings is 1. The number of nitrogens with one attached hydrogen (secondary N) is 1. The third-order valence-corrected chi connectivity index (χ3v) is 4.11. The average Bonchev–Trinajstić information content (AvgIpc) is 2.73. The molecule has 0 spiro atoms. The normalized spacial score (nSPS) is 11.0. The van der Waals surface area contributed by atoms with Gasteiger partial charge >= 0.3 is 0 Å². The van der Waals surface area contributed by atoms with E-state index in [2.05, 4.69) is 49.1 Å². The third kappa shape index (κ3) is 2.28. The second-order valence-corrected chi connectivity index (χ2v) is 5.93. The first-order valence-electron chi connectivity index (χ1n) is 5.46. The van der Waals surface area contributed by atoms with E-state index in [1.165, 1.54) is 0 Å². The van der Waals surface area contributed by atoms with Crippen molar-refractivity contribution in [3.8, 4) is 0 Å². The Hall–Kier alpha value is -1.33. The Labute approximate surface area is 117 Å². The zero-order valence-corrected chi connectivity index (χ0v) is 12.0. The number of aryl methyl sites for hydroxylation is 1. The fourth-order valence-corrected chi connectivity index (χ4v) is 2.87. The van der Waals surface area contributed by atoms with E-state index in [1.807, 2.05) is 19.1 Å². The van der Waals surface area contributed by atoms with Crippen molar-refractivity contribution in [3.05, 3.63) is 46.8 Å². The Bertz CT molecular complexity index is 691. The first-order chi connectivity index (χ1) is 8.72. The van der Waals surface area contributed by atoms with E-state index < -0.39 is 0 Å². The topological polar surface area (TPSA) is 41.6 Å². The predicted molar refractivity (Wildman–Crippen MR) is 76.9 cm³/mol. The minimum atomic E-state index is 0.891. The minimum Gasteiger partial charge on any atom is -0.343 e. The molecule has 0 aliphatic heterocycles. The van der Waals surface area contributed by atoms with Crippen LogP contribution in [0, 0.1) is 6.92 Å². The SMILES string of the molecule is Cc1cc2c(Sc3ccc(Br)cc3)ncnc2[nH]1. The van der Waals surface area contributed by atoms with Gasteiger partial charge < -0.3 is 4.98 Å². The van der Waals surface area contributed by atoms with Crippen molar-refractivity contribution in [2.45, 2.75) is 16.8 Å². The number of nitrogens with zero attached hydrogens (tertiary/aromatic N) is 2. The van der Waals surface area contributed by atoms with Crippen molar-refractivity contribution >= 4 is 38.7 Å². The average molecular weight is 320 g/mol. The van der Waals surface area contributed by atoms with Crippen molar-refractivity contribution in [1.29, 1.82) is 0 Å². The molecule has 0 saturated carbocycles. The van der Waals surface area contributed by atoms with E-state index in [0.717, 1.165) is 31.1 Å². The van der Waals surface area contributed by atoms with Crippen molar-refractivity contribution in [1.82, 2.24) is 15.0 Å². The Kier molecular flexibility index (Phi) is 3.09. The molecule has 18 heavy (non-hydrogen) atoms. The van der Waals surface area contributed by atoms with Gasteiger partial charge in [0.1, 0.15) is 17.0 Å². The summed E-state index contributed by atoms with van der Waals surface area (Å²) in [6, 6.07) is 10.3. The van der Waals surface area contributed by atoms with E-state index >= 15 is 0 Å². The van der Waals surface area contributed by atoms with Crippen molar-refractivity contribution in [3.63, 3.8) is 0 Å². The van der Waals surface area contributed by atoms with Gasteiger partial charge in [-0.3, -0.25) is 0 Å². The van der Waals surface area contributed by atoms with Crippen LogP contribution < -0.4 is 0 Å². The van der Waals surface area contributed by atoms with E-state index in [9.17, 15) is 0 Å². The lowest BCUT2D eigenvalue weighted by Gasteiger charge is -2.01. The number of rotatable bonds is 2. The van der Waals surface area contributed by atoms with Crippen LogP contribution in [-0.2, 0) is 0 Å². The molecule has 2 aromatic heterocycles. The molecule has 90 valence electrons. The van der Waals surface area contributed by atoms with E-state index in [4.69, 9.17) is 0 Å². The molecule has 5 heteroatoms. The largest absolute Gasteiger partial charge is 0.343 e. The molecule has 0 amide bonds. The fourth-order valence-electron chi connectivity index (χ4n) is 1.74. The summed E-state index contributed by atoms with van der Waals surface area (Å²) in [5.74, 6) is 0. The van der Waals surface area contributed by atoms with Gasteiger partial charge in [-0.25, -0.2) is 9.97 Å². The summed E-state index contributed by atoms with van der Waals surface area (Å²) < 4.78 is 1.08. The molecule has 3 nitrogen and oxygen atoms in total. The third-order valence-electron chi connectivity index (χ3n) is 2.55. The van der Waals surface area contributed by atoms with Crippen LogP contribution in [0.15, 0.2) is 51.1 Å². The first-order valence-corrected chi connectivity index (χ1v) is 7.07. The summed E-state index contributed by atoms with van der Waals surface area (Å²) in [6.45, 7) is 2.02. The highest BCUT2D eigenvalue weighted by molar-refractivity contribution is 9.10. The molecular formula is C13H10BrN3S. The zero-order chi connectivity index (χ0) is 12.5. The molecule has 0 fully saturated rings. The van der Waals surface area contributed by atoms with Crippen molar-refractivity contribution < 1.29 is 0 Å². The summed E-state index contributed by atoms with van der Waals surface area (Å²) in [6.07, 6.45) is 1.60. The van der Waals surface area contributed by atoms with Gasteiger partial charge in [-0.2, -0.15) is 0 Å². The number of aromatic nitrogens is 3. The Morgan fingerprint density at radius 1 is 1.17 bits per heavy atom. The molecule has 3 aromatic rings. The zero-order valence-electron chi connectivity index (χ0n) is 9.64. The van der Waals surface area contributed by atoms with Crippen molar-refractivity contribution in [2.75, 3.05) is 0 Å². The molecule has 0 bridgehead atoms. The van der Waals surface area contributed by atoms with Crippen LogP contribution in [0.2, 0.25) is 0 Å². The second kappa shape index (κ2) is 4.74. The molecule has 0 saturated heterocycles. The highest BCUT2D eigenvalue weighted by atomic mass is 79.9. The standard InChI is InChI=1S/C13H10BrN3S/c1-8-6-11-12(17-8)15-7-16-13(11)18-10-4-2-9(14)3-5-10/h2-7H,1H3,(H,15,16,17). The van der Waals surface area contributed by atoms with Crippen LogP contribution in [0.5, 0.6) is 0 Å². The van der Waals surface area contributed by atoms with Gasteiger partial charge in [0.25, 0.3) is 0 Å². The summed E-state index contributed by atoms with van der Waals surface area (Å²) >= 11 is 5.08. The lowest BCUT2D eigenvalue weighted by atomic mass is 10.4. The Morgan fingerprint density at radius 2 is 1.94 bits per heavy atom. The lowest BCUT2D eigenvalue weighted by Crippen LogP contribution is -1.84. The number of halogens is 1. The minimum absolute atomic E-state index is 0.891. The van der Waals surface area contributed by atoms with Gasteiger partial charge in [-0.1, -0.05) is 27.7 Å². The summed E-state index contributed by atoms with van der Waals surface area (Å²) in [5.41, 5.74) is 1.99. The van der Waals surface area contributed by atoms with E-state index in [1.54, 1.807) is 18.1 Å². The number of fused-ring (bicyclic) bond motifs is 1. The number of aromatic amines is 1. The Morgan fingerprint density at radius 3 is 2.72 bits per heavy atom. The van der Waals surface area contributed by atoms with Crippen LogP contribution >= 0.6 is 27.7 Å². The number of hydrogen-bond donors (Lipinski definition) is 1. The smallest absolute Gasteiger partial charge is 0.142 e. The molecule has 0 radical (unpaired) electrons. The molecule has 3 rings (SSSR count). The van der Waals surface area contributed by atoms with Gasteiger partial charge in [0.15, 0.2) is 0 Å². The molecule has 2 heterocycles. The molecule has 1 aromatic carbocycles. The van der Waals surface area contributed by atoms with E-state index in [0.29, 0.717) is 0 Å². The van der Waals surface area contributed by atoms with E-state index in [-0.39, 0.29) is 0 Å². The Balaban J connectivity index is 2.01. The molecular weight excluding hydrogens is 310 g/mol. The first kappa shape index (κ1) is 11.7. The van der Waals surface area contributed by atoms with Crippen LogP contribution in [-0.4, -0.2) is 15.0 Å². The predicted octanol–water partition coefficient (Wildman–Crippen LogP) is 4.18. The van der Waals surface area contributed by atoms with Crippen LogP contribution in [0.1, 0.15) is 5.69 Å². The monoisotopic (exact) mass is 319 g/mol. The maximum Gasteiger partial charge on any atom is 0.142 e. The molecule has 1 N–H and O–H groups in total. The van der Waals surface area contributed by atoms with Gasteiger partial charge in [0.2, 0.25) is 0 Å². The van der Waals surface area contributed by atoms with Crippen LogP contribution in [0.3, 0.4) is 0 Å². The quantitative estimate of drug-likeness (QED) is 0.720. The van der Waals surface area contributed by atoms with Gasteiger partial charge in [-0.15, -0.1) is 0 Å². The van der Waals surface area contributed by atoms with Gasteiger partial charge in [-0.05, 0) is 37.3 Å². The fraction of sp³-hybridized carbons (Fsp3) is 0.0769. The van der Waals surface area contributed by atoms with Crippen LogP contribution in [0.25, 0.3) is 11.0 Å². The molecule has 0 aliphatic rings. The number of H-pyrrole nitrogens is 1. The summed E-state index contributed by atoms with van der Waals surface area (Å²) in [5, 5.41) is 2.05. The lowest BCUT2D eigenvalue weighted by molar-refractivity contribution is 1.09. The molecule has 0 aliphatic carbocycles. The summed E-state index contributed by atoms with van der Waals surface area (Å²) in [7, 11) is 0. The highest BCUT2D eigenvalue weighted by Crippen LogP contribution is 2.31. The molecule has 0 unspecified atom stereocenters. The van der Waals surface area contributed by atoms with Gasteiger partial charge in [0, 0.05) is 15.1 Å². The highest BCUT2D eigenvalue weighted by Gasteiger charge is 2.07.